The van der Waals surface area contributed by atoms with Gasteiger partial charge in [0.05, 0.1) is 6.42 Å². The summed E-state index contributed by atoms with van der Waals surface area (Å²) >= 11 is 0. The Morgan fingerprint density at radius 1 is 1.29 bits per heavy atom. The van der Waals surface area contributed by atoms with Gasteiger partial charge in [0, 0.05) is 5.41 Å². The van der Waals surface area contributed by atoms with E-state index in [1.165, 1.54) is 32.1 Å². The molecule has 2 nitrogen and oxygen atoms in total. The molecule has 3 aliphatic rings. The molecule has 0 aromatic carbocycles. The molecule has 0 aromatic rings. The van der Waals surface area contributed by atoms with Crippen molar-refractivity contribution >= 4 is 5.97 Å². The van der Waals surface area contributed by atoms with Crippen molar-refractivity contribution in [2.45, 2.75) is 57.5 Å². The van der Waals surface area contributed by atoms with E-state index in [0.29, 0.717) is 12.3 Å². The zero-order valence-electron chi connectivity index (χ0n) is 8.84. The smallest absolute Gasteiger partial charge is 0.307 e. The summed E-state index contributed by atoms with van der Waals surface area (Å²) in [6.07, 6.45) is 8.09. The topological polar surface area (TPSA) is 26.3 Å². The minimum atomic E-state index is -0.0394. The maximum Gasteiger partial charge on any atom is 0.307 e. The van der Waals surface area contributed by atoms with Crippen LogP contribution in [-0.4, -0.2) is 11.6 Å². The second kappa shape index (κ2) is 2.53. The minimum absolute atomic E-state index is 0.0394. The summed E-state index contributed by atoms with van der Waals surface area (Å²) in [5.41, 5.74) is 0.131. The molecule has 0 amide bonds. The molecule has 3 unspecified atom stereocenters. The highest BCUT2D eigenvalue weighted by Gasteiger charge is 2.64. The van der Waals surface area contributed by atoms with Gasteiger partial charge in [0.2, 0.25) is 0 Å². The fraction of sp³-hybridized carbons (Fsp3) is 0.917. The number of hydrogen-bond acceptors (Lipinski definition) is 2. The number of ether oxygens (including phenoxy) is 1. The first kappa shape index (κ1) is 8.75. The maximum absolute atomic E-state index is 11.5. The van der Waals surface area contributed by atoms with E-state index in [-0.39, 0.29) is 17.0 Å². The van der Waals surface area contributed by atoms with Crippen molar-refractivity contribution in [2.24, 2.45) is 11.3 Å². The predicted molar refractivity (Wildman–Crippen MR) is 52.7 cm³/mol. The van der Waals surface area contributed by atoms with Gasteiger partial charge in [-0.1, -0.05) is 13.3 Å². The van der Waals surface area contributed by atoms with E-state index in [1.807, 2.05) is 0 Å². The van der Waals surface area contributed by atoms with E-state index in [4.69, 9.17) is 4.74 Å². The summed E-state index contributed by atoms with van der Waals surface area (Å²) in [6.45, 7) is 2.27. The van der Waals surface area contributed by atoms with Crippen LogP contribution in [0.3, 0.4) is 0 Å². The number of carbonyl (C=O) groups is 1. The lowest BCUT2D eigenvalue weighted by molar-refractivity contribution is -0.159. The number of hydrogen-bond donors (Lipinski definition) is 0. The lowest BCUT2D eigenvalue weighted by Gasteiger charge is -2.46. The van der Waals surface area contributed by atoms with E-state index in [1.54, 1.807) is 0 Å². The molecule has 14 heavy (non-hydrogen) atoms. The lowest BCUT2D eigenvalue weighted by Crippen LogP contribution is -2.49. The van der Waals surface area contributed by atoms with E-state index in [2.05, 4.69) is 6.92 Å². The molecular weight excluding hydrogens is 176 g/mol. The Morgan fingerprint density at radius 2 is 2.00 bits per heavy atom. The third-order valence-corrected chi connectivity index (χ3v) is 4.89. The van der Waals surface area contributed by atoms with Gasteiger partial charge in [-0.05, 0) is 38.0 Å². The van der Waals surface area contributed by atoms with Gasteiger partial charge < -0.3 is 4.74 Å². The highest BCUT2D eigenvalue weighted by molar-refractivity contribution is 5.74. The van der Waals surface area contributed by atoms with Crippen molar-refractivity contribution in [2.75, 3.05) is 0 Å². The van der Waals surface area contributed by atoms with Crippen LogP contribution in [0.2, 0.25) is 0 Å². The van der Waals surface area contributed by atoms with Crippen LogP contribution < -0.4 is 0 Å². The maximum atomic E-state index is 11.5. The van der Waals surface area contributed by atoms with Crippen LogP contribution in [-0.2, 0) is 9.53 Å². The van der Waals surface area contributed by atoms with Crippen molar-refractivity contribution in [3.63, 3.8) is 0 Å². The van der Waals surface area contributed by atoms with Crippen molar-refractivity contribution in [3.05, 3.63) is 0 Å². The van der Waals surface area contributed by atoms with Gasteiger partial charge >= 0.3 is 5.97 Å². The van der Waals surface area contributed by atoms with Gasteiger partial charge in [0.1, 0.15) is 5.60 Å². The van der Waals surface area contributed by atoms with E-state index < -0.39 is 0 Å². The highest BCUT2D eigenvalue weighted by Crippen LogP contribution is 2.62. The fourth-order valence-electron chi connectivity index (χ4n) is 4.22. The molecule has 1 heterocycles. The molecule has 1 spiro atoms. The zero-order chi connectivity index (χ0) is 9.81. The van der Waals surface area contributed by atoms with Crippen molar-refractivity contribution < 1.29 is 9.53 Å². The second-order valence-corrected chi connectivity index (χ2v) is 5.58. The summed E-state index contributed by atoms with van der Waals surface area (Å²) in [5.74, 6) is 0.731. The van der Waals surface area contributed by atoms with Gasteiger partial charge in [0.15, 0.2) is 0 Å². The number of carbonyl (C=O) groups excluding carboxylic acids is 1. The molecule has 1 aliphatic heterocycles. The SMILES string of the molecule is CC12CCCC3CCCC31OC(=O)C2. The summed E-state index contributed by atoms with van der Waals surface area (Å²) in [7, 11) is 0. The number of rotatable bonds is 0. The molecule has 2 saturated carbocycles. The molecule has 0 radical (unpaired) electrons. The molecular formula is C12H18O2. The minimum Gasteiger partial charge on any atom is -0.458 e. The third-order valence-electron chi connectivity index (χ3n) is 4.89. The summed E-state index contributed by atoms with van der Waals surface area (Å²) < 4.78 is 5.74. The summed E-state index contributed by atoms with van der Waals surface area (Å²) in [5, 5.41) is 0. The predicted octanol–water partition coefficient (Wildman–Crippen LogP) is 2.66. The molecule has 2 heteroatoms. The van der Waals surface area contributed by atoms with Crippen LogP contribution in [0.25, 0.3) is 0 Å². The first-order valence-corrected chi connectivity index (χ1v) is 5.88. The molecule has 3 fully saturated rings. The number of esters is 1. The quantitative estimate of drug-likeness (QED) is 0.554. The third kappa shape index (κ3) is 0.850. The van der Waals surface area contributed by atoms with E-state index in [0.717, 1.165) is 6.42 Å². The average Bonchev–Trinajstić information content (AvgIpc) is 2.59. The largest absolute Gasteiger partial charge is 0.458 e. The second-order valence-electron chi connectivity index (χ2n) is 5.58. The van der Waals surface area contributed by atoms with Crippen LogP contribution in [0.15, 0.2) is 0 Å². The van der Waals surface area contributed by atoms with Gasteiger partial charge in [-0.25, -0.2) is 0 Å². The Kier molecular flexibility index (Phi) is 1.58. The van der Waals surface area contributed by atoms with Gasteiger partial charge in [0.25, 0.3) is 0 Å². The Morgan fingerprint density at radius 3 is 2.79 bits per heavy atom. The van der Waals surface area contributed by atoms with Crippen LogP contribution in [0.1, 0.15) is 51.9 Å². The van der Waals surface area contributed by atoms with Crippen LogP contribution >= 0.6 is 0 Å². The Balaban J connectivity index is 2.05. The Bertz CT molecular complexity index is 286. The standard InChI is InChI=1S/C12H18O2/c1-11-6-2-4-9-5-3-7-12(9,11)14-10(13)8-11/h9H,2-8H2,1H3. The van der Waals surface area contributed by atoms with Crippen molar-refractivity contribution in [3.8, 4) is 0 Å². The summed E-state index contributed by atoms with van der Waals surface area (Å²) in [6, 6.07) is 0. The first-order valence-electron chi connectivity index (χ1n) is 5.88. The van der Waals surface area contributed by atoms with Crippen LogP contribution in [0.5, 0.6) is 0 Å². The fourth-order valence-corrected chi connectivity index (χ4v) is 4.22. The molecule has 0 bridgehead atoms. The van der Waals surface area contributed by atoms with E-state index >= 15 is 0 Å². The Labute approximate surface area is 85.0 Å². The van der Waals surface area contributed by atoms with Crippen LogP contribution in [0, 0.1) is 11.3 Å². The highest BCUT2D eigenvalue weighted by atomic mass is 16.6. The van der Waals surface area contributed by atoms with Crippen molar-refractivity contribution in [1.29, 1.82) is 0 Å². The molecule has 1 saturated heterocycles. The van der Waals surface area contributed by atoms with E-state index in [9.17, 15) is 4.79 Å². The van der Waals surface area contributed by atoms with Crippen LogP contribution in [0.4, 0.5) is 0 Å². The molecule has 2 aliphatic carbocycles. The summed E-state index contributed by atoms with van der Waals surface area (Å²) in [4.78, 5) is 11.5. The lowest BCUT2D eigenvalue weighted by atomic mass is 9.60. The Hall–Kier alpha value is -0.530. The van der Waals surface area contributed by atoms with Gasteiger partial charge in [-0.3, -0.25) is 4.79 Å². The van der Waals surface area contributed by atoms with Gasteiger partial charge in [-0.15, -0.1) is 0 Å². The average molecular weight is 194 g/mol. The molecule has 78 valence electrons. The molecule has 0 N–H and O–H groups in total. The monoisotopic (exact) mass is 194 g/mol. The van der Waals surface area contributed by atoms with Crippen molar-refractivity contribution in [1.82, 2.24) is 0 Å². The molecule has 0 aromatic heterocycles. The molecule has 3 rings (SSSR count). The first-order chi connectivity index (χ1) is 6.66. The molecule has 3 atom stereocenters. The zero-order valence-corrected chi connectivity index (χ0v) is 8.84. The normalized spacial score (nSPS) is 51.2. The van der Waals surface area contributed by atoms with Gasteiger partial charge in [-0.2, -0.15) is 0 Å².